The average Bonchev–Trinajstić information content (AvgIpc) is 2.52. The summed E-state index contributed by atoms with van der Waals surface area (Å²) in [5.74, 6) is -0.0277. The maximum atomic E-state index is 11.8. The van der Waals surface area contributed by atoms with Crippen molar-refractivity contribution < 1.29 is 9.60 Å². The normalized spacial score (nSPS) is 11.9. The molecular weight excluding hydrogens is 163 g/mol. The van der Waals surface area contributed by atoms with Crippen LogP contribution in [0.15, 0.2) is 17.5 Å². The molecule has 0 unspecified atom stereocenters. The number of aryl methyl sites for hydroxylation is 1. The summed E-state index contributed by atoms with van der Waals surface area (Å²) in [6, 6.07) is 0. The van der Waals surface area contributed by atoms with Gasteiger partial charge in [-0.1, -0.05) is 5.16 Å². The third-order valence-electron chi connectivity index (χ3n) is 1.35. The number of nitrogens with two attached hydrogens (primary N) is 1. The van der Waals surface area contributed by atoms with Crippen molar-refractivity contribution in [1.29, 1.82) is 0 Å². The van der Waals surface area contributed by atoms with Crippen LogP contribution in [0.4, 0.5) is 4.39 Å². The van der Waals surface area contributed by atoms with Gasteiger partial charge in [-0.25, -0.2) is 4.39 Å². The summed E-state index contributed by atoms with van der Waals surface area (Å²) >= 11 is 0. The number of alkyl halides is 1. The molecule has 1 aromatic rings. The Labute approximate surface area is 68.3 Å². The quantitative estimate of drug-likeness (QED) is 0.290. The lowest BCUT2D eigenvalue weighted by molar-refractivity contribution is 0.318. The number of aromatic nitrogens is 2. The predicted octanol–water partition coefficient (Wildman–Crippen LogP) is -0.0529. The van der Waals surface area contributed by atoms with Crippen molar-refractivity contribution in [1.82, 2.24) is 9.78 Å². The van der Waals surface area contributed by atoms with Gasteiger partial charge in [0.15, 0.2) is 5.84 Å². The summed E-state index contributed by atoms with van der Waals surface area (Å²) in [4.78, 5) is 0. The van der Waals surface area contributed by atoms with Gasteiger partial charge in [-0.05, 0) is 0 Å². The fourth-order valence-corrected chi connectivity index (χ4v) is 0.762. The summed E-state index contributed by atoms with van der Waals surface area (Å²) in [5, 5.41) is 14.8. The summed E-state index contributed by atoms with van der Waals surface area (Å²) in [6.07, 6.45) is 2.92. The Balaban J connectivity index is 2.77. The molecule has 0 amide bonds. The molecule has 1 heterocycles. The van der Waals surface area contributed by atoms with E-state index in [1.54, 1.807) is 0 Å². The molecule has 0 spiro atoms. The van der Waals surface area contributed by atoms with Gasteiger partial charge >= 0.3 is 0 Å². The second-order valence-corrected chi connectivity index (χ2v) is 2.17. The van der Waals surface area contributed by atoms with Gasteiger partial charge in [0, 0.05) is 6.20 Å². The highest BCUT2D eigenvalue weighted by molar-refractivity contribution is 5.96. The highest BCUT2D eigenvalue weighted by atomic mass is 19.1. The van der Waals surface area contributed by atoms with E-state index in [1.807, 2.05) is 0 Å². The smallest absolute Gasteiger partial charge is 0.173 e. The molecule has 5 nitrogen and oxygen atoms in total. The molecule has 0 saturated heterocycles. The zero-order valence-electron chi connectivity index (χ0n) is 6.31. The maximum Gasteiger partial charge on any atom is 0.173 e. The van der Waals surface area contributed by atoms with Crippen LogP contribution in [0.2, 0.25) is 0 Å². The number of nitrogens with zero attached hydrogens (tertiary/aromatic N) is 3. The third kappa shape index (κ3) is 1.71. The minimum absolute atomic E-state index is 0.0277. The first-order valence-electron chi connectivity index (χ1n) is 3.34. The van der Waals surface area contributed by atoms with E-state index in [1.165, 1.54) is 17.1 Å². The van der Waals surface area contributed by atoms with Crippen molar-refractivity contribution in [3.05, 3.63) is 18.0 Å². The highest BCUT2D eigenvalue weighted by Crippen LogP contribution is 1.96. The van der Waals surface area contributed by atoms with Crippen LogP contribution in [0.25, 0.3) is 0 Å². The second kappa shape index (κ2) is 3.70. The molecule has 1 aromatic heterocycles. The molecule has 3 N–H and O–H groups in total. The highest BCUT2D eigenvalue weighted by Gasteiger charge is 2.01. The first-order chi connectivity index (χ1) is 5.77. The Bertz CT molecular complexity index is 283. The Morgan fingerprint density at radius 1 is 1.83 bits per heavy atom. The lowest BCUT2D eigenvalue weighted by atomic mass is 10.3. The van der Waals surface area contributed by atoms with Crippen molar-refractivity contribution in [2.24, 2.45) is 10.9 Å². The fourth-order valence-electron chi connectivity index (χ4n) is 0.762. The molecule has 0 bridgehead atoms. The molecule has 0 radical (unpaired) electrons. The SMILES string of the molecule is NC(=NO)c1cnn(CCF)c1. The van der Waals surface area contributed by atoms with Crippen molar-refractivity contribution in [2.45, 2.75) is 6.54 Å². The summed E-state index contributed by atoms with van der Waals surface area (Å²) in [6.45, 7) is -0.310. The van der Waals surface area contributed by atoms with Crippen LogP contribution in [0.5, 0.6) is 0 Å². The number of rotatable bonds is 3. The molecule has 0 aromatic carbocycles. The Morgan fingerprint density at radius 2 is 2.58 bits per heavy atom. The summed E-state index contributed by atoms with van der Waals surface area (Å²) < 4.78 is 13.2. The van der Waals surface area contributed by atoms with Gasteiger partial charge in [0.05, 0.1) is 18.3 Å². The van der Waals surface area contributed by atoms with E-state index >= 15 is 0 Å². The average molecular weight is 172 g/mol. The minimum Gasteiger partial charge on any atom is -0.409 e. The Hall–Kier alpha value is -1.59. The third-order valence-corrected chi connectivity index (χ3v) is 1.35. The molecule has 66 valence electrons. The molecule has 0 atom stereocenters. The van der Waals surface area contributed by atoms with Crippen molar-refractivity contribution in [2.75, 3.05) is 6.67 Å². The van der Waals surface area contributed by atoms with Crippen LogP contribution < -0.4 is 5.73 Å². The molecular formula is C6H9FN4O. The van der Waals surface area contributed by atoms with E-state index in [0.29, 0.717) is 5.56 Å². The second-order valence-electron chi connectivity index (χ2n) is 2.17. The van der Waals surface area contributed by atoms with Crippen LogP contribution in [0, 0.1) is 0 Å². The molecule has 0 aliphatic heterocycles. The van der Waals surface area contributed by atoms with Crippen LogP contribution in [0.1, 0.15) is 5.56 Å². The number of amidine groups is 1. The monoisotopic (exact) mass is 172 g/mol. The van der Waals surface area contributed by atoms with Gasteiger partial charge in [-0.3, -0.25) is 4.68 Å². The zero-order valence-corrected chi connectivity index (χ0v) is 6.31. The van der Waals surface area contributed by atoms with Gasteiger partial charge in [0.25, 0.3) is 0 Å². The van der Waals surface area contributed by atoms with Crippen LogP contribution in [-0.4, -0.2) is 27.5 Å². The lowest BCUT2D eigenvalue weighted by Gasteiger charge is -1.93. The topological polar surface area (TPSA) is 76.4 Å². The van der Waals surface area contributed by atoms with E-state index in [0.717, 1.165) is 0 Å². The number of hydrogen-bond acceptors (Lipinski definition) is 3. The maximum absolute atomic E-state index is 11.8. The molecule has 0 saturated carbocycles. The van der Waals surface area contributed by atoms with Crippen molar-refractivity contribution in [3.8, 4) is 0 Å². The standard InChI is InChI=1S/C6H9FN4O/c7-1-2-11-4-5(3-9-11)6(8)10-12/h3-4,12H,1-2H2,(H2,8,10). The summed E-state index contributed by atoms with van der Waals surface area (Å²) in [7, 11) is 0. The van der Waals surface area contributed by atoms with E-state index in [-0.39, 0.29) is 12.4 Å². The summed E-state index contributed by atoms with van der Waals surface area (Å²) in [5.41, 5.74) is 5.73. The Kier molecular flexibility index (Phi) is 2.62. The van der Waals surface area contributed by atoms with Gasteiger partial charge in [0.1, 0.15) is 6.67 Å². The molecule has 0 fully saturated rings. The largest absolute Gasteiger partial charge is 0.409 e. The molecule has 0 aliphatic carbocycles. The number of halogens is 1. The van der Waals surface area contributed by atoms with Gasteiger partial charge in [-0.2, -0.15) is 5.10 Å². The first-order valence-corrected chi connectivity index (χ1v) is 3.34. The molecule has 0 aliphatic rings. The number of hydrogen-bond donors (Lipinski definition) is 2. The lowest BCUT2D eigenvalue weighted by Crippen LogP contribution is -2.12. The zero-order chi connectivity index (χ0) is 8.97. The van der Waals surface area contributed by atoms with E-state index < -0.39 is 6.67 Å². The molecule has 12 heavy (non-hydrogen) atoms. The molecule has 6 heteroatoms. The van der Waals surface area contributed by atoms with Gasteiger partial charge in [0.2, 0.25) is 0 Å². The minimum atomic E-state index is -0.489. The first kappa shape index (κ1) is 8.51. The van der Waals surface area contributed by atoms with Crippen LogP contribution >= 0.6 is 0 Å². The van der Waals surface area contributed by atoms with Gasteiger partial charge in [-0.15, -0.1) is 0 Å². The van der Waals surface area contributed by atoms with Crippen molar-refractivity contribution in [3.63, 3.8) is 0 Å². The number of oxime groups is 1. The van der Waals surface area contributed by atoms with E-state index in [2.05, 4.69) is 10.3 Å². The Morgan fingerprint density at radius 3 is 3.17 bits per heavy atom. The predicted molar refractivity (Wildman–Crippen MR) is 40.7 cm³/mol. The van der Waals surface area contributed by atoms with Crippen LogP contribution in [0.3, 0.4) is 0 Å². The van der Waals surface area contributed by atoms with Crippen molar-refractivity contribution >= 4 is 5.84 Å². The fraction of sp³-hybridized carbons (Fsp3) is 0.333. The van der Waals surface area contributed by atoms with Crippen LogP contribution in [-0.2, 0) is 6.54 Å². The molecule has 1 rings (SSSR count). The van der Waals surface area contributed by atoms with E-state index in [9.17, 15) is 4.39 Å². The van der Waals surface area contributed by atoms with Gasteiger partial charge < -0.3 is 10.9 Å². The van der Waals surface area contributed by atoms with E-state index in [4.69, 9.17) is 10.9 Å².